The van der Waals surface area contributed by atoms with Crippen molar-refractivity contribution in [3.05, 3.63) is 152 Å². The third kappa shape index (κ3) is 7.33. The van der Waals surface area contributed by atoms with Gasteiger partial charge >= 0.3 is 0 Å². The van der Waals surface area contributed by atoms with Gasteiger partial charge in [0.15, 0.2) is 5.78 Å². The number of hydrogen-bond donors (Lipinski definition) is 3. The minimum absolute atomic E-state index is 0.0242. The van der Waals surface area contributed by atoms with E-state index < -0.39 is 10.8 Å². The van der Waals surface area contributed by atoms with E-state index in [-0.39, 0.29) is 39.9 Å². The van der Waals surface area contributed by atoms with Crippen LogP contribution in [-0.4, -0.2) is 42.7 Å². The molecule has 0 spiro atoms. The Balaban J connectivity index is 0.000000202. The Bertz CT molecular complexity index is 2310. The van der Waals surface area contributed by atoms with E-state index in [4.69, 9.17) is 29.9 Å². The molecule has 306 valence electrons. The number of benzene rings is 2. The summed E-state index contributed by atoms with van der Waals surface area (Å²) in [6.45, 7) is 27.6. The number of aliphatic hydroxyl groups excluding tert-OH is 1. The van der Waals surface area contributed by atoms with Crippen molar-refractivity contribution >= 4 is 5.78 Å². The van der Waals surface area contributed by atoms with Crippen LogP contribution in [0.3, 0.4) is 0 Å². The standard InChI is InChI=1S/C23H27N3O.C23H25N3O.CH5NO.CH4/c2*1-22(2)19-12-11-16-18(13-15-9-7-6-8-10-15)26(5)25-20(16)23(19,3)14-17(24-4)21(22)27;1-2-3;/h6-10,19,27H,11-14H2,1-3,5H3;6-10,14,19H,11-13H2,1-3,5H3;2-3H,1H3;1H4/t2*19-,23-;;/m00../s1/i;;;1T. The Labute approximate surface area is 346 Å². The number of allylic oxidation sites excluding steroid dienone is 4. The highest BCUT2D eigenvalue weighted by atomic mass is 16.5. The average molecular weight is 786 g/mol. The monoisotopic (exact) mass is 785 g/mol. The van der Waals surface area contributed by atoms with Gasteiger partial charge in [-0.05, 0) is 66.2 Å². The SMILES string of the molecule is CNO.[3H]C.[C-]#[N+]C1=C(O)C(C)(C)[C@@H]2CCc3c(nn(C)c3Cc3ccccc3)[C@@]2(C)C1.[C-]#[N+]C1=C[C@]2(C)c3nn(C)c(Cc4ccccc4)c3CC[C@H]2C(C)(C)C1=O. The zero-order valence-electron chi connectivity index (χ0n) is 36.9. The number of aryl methyl sites for hydroxylation is 2. The Kier molecular flexibility index (Phi) is 12.1. The van der Waals surface area contributed by atoms with Gasteiger partial charge < -0.3 is 15.1 Å². The molecule has 0 bridgehead atoms. The second-order valence-corrected chi connectivity index (χ2v) is 17.7. The Morgan fingerprint density at radius 3 is 1.76 bits per heavy atom. The highest BCUT2D eigenvalue weighted by Crippen LogP contribution is 2.59. The summed E-state index contributed by atoms with van der Waals surface area (Å²) in [6, 6.07) is 21.0. The summed E-state index contributed by atoms with van der Waals surface area (Å²) in [5, 5.41) is 27.9. The fourth-order valence-electron chi connectivity index (χ4n) is 10.8. The number of carbonyl (C=O) groups excluding carboxylic acids is 1. The van der Waals surface area contributed by atoms with Gasteiger partial charge in [0.05, 0.1) is 24.5 Å². The van der Waals surface area contributed by atoms with E-state index >= 15 is 0 Å². The van der Waals surface area contributed by atoms with Gasteiger partial charge in [-0.3, -0.25) is 9.36 Å². The average Bonchev–Trinajstić information content (AvgIpc) is 3.72. The molecule has 2 heterocycles. The summed E-state index contributed by atoms with van der Waals surface area (Å²) in [6.07, 6.45) is 8.07. The van der Waals surface area contributed by atoms with E-state index in [2.05, 4.69) is 85.9 Å². The number of nitrogens with one attached hydrogen (secondary N) is 1. The molecule has 10 heteroatoms. The predicted molar refractivity (Wildman–Crippen MR) is 229 cm³/mol. The van der Waals surface area contributed by atoms with Crippen molar-refractivity contribution < 1.29 is 16.5 Å². The van der Waals surface area contributed by atoms with Gasteiger partial charge in [-0.1, -0.05) is 116 Å². The van der Waals surface area contributed by atoms with Crippen molar-refractivity contribution in [2.75, 3.05) is 7.05 Å². The van der Waals surface area contributed by atoms with E-state index in [0.717, 1.165) is 49.9 Å². The Morgan fingerprint density at radius 2 is 1.28 bits per heavy atom. The number of hydroxylamine groups is 1. The van der Waals surface area contributed by atoms with Gasteiger partial charge in [-0.25, -0.2) is 15.2 Å². The Morgan fingerprint density at radius 1 is 0.810 bits per heavy atom. The van der Waals surface area contributed by atoms with Crippen molar-refractivity contribution in [2.45, 2.75) is 105 Å². The van der Waals surface area contributed by atoms with Crippen LogP contribution in [0.4, 0.5) is 0 Å². The largest absolute Gasteiger partial charge is 0.523 e. The number of hydrogen-bond acceptors (Lipinski definition) is 6. The molecule has 8 rings (SSSR count). The number of aliphatic hydroxyl groups is 1. The molecule has 0 aliphatic heterocycles. The molecule has 2 aromatic heterocycles. The van der Waals surface area contributed by atoms with Crippen LogP contribution >= 0.6 is 0 Å². The highest BCUT2D eigenvalue weighted by molar-refractivity contribution is 6.02. The van der Waals surface area contributed by atoms with Gasteiger partial charge in [0, 0.05) is 68.4 Å². The number of aromatic nitrogens is 4. The van der Waals surface area contributed by atoms with Crippen molar-refractivity contribution in [3.8, 4) is 0 Å². The quantitative estimate of drug-likeness (QED) is 0.140. The molecule has 0 fully saturated rings. The van der Waals surface area contributed by atoms with Gasteiger partial charge in [0.2, 0.25) is 11.4 Å². The van der Waals surface area contributed by atoms with Crippen LogP contribution in [0.15, 0.2) is 83.9 Å². The minimum atomic E-state index is -0.543. The molecule has 0 unspecified atom stereocenters. The molecular weight excluding hydrogens is 723 g/mol. The van der Waals surface area contributed by atoms with Gasteiger partial charge in [-0.2, -0.15) is 10.2 Å². The lowest BCUT2D eigenvalue weighted by atomic mass is 9.52. The van der Waals surface area contributed by atoms with E-state index in [0.29, 0.717) is 12.1 Å². The summed E-state index contributed by atoms with van der Waals surface area (Å²) in [7, 11) is 6.72. The fourth-order valence-corrected chi connectivity index (χ4v) is 10.8. The van der Waals surface area contributed by atoms with Gasteiger partial charge in [0.25, 0.3) is 0 Å². The molecule has 2 aromatic carbocycles. The molecule has 10 nitrogen and oxygen atoms in total. The summed E-state index contributed by atoms with van der Waals surface area (Å²) >= 11 is 0. The number of carbonyl (C=O) groups is 1. The van der Waals surface area contributed by atoms with Crippen LogP contribution in [0.25, 0.3) is 9.69 Å². The molecule has 4 aromatic rings. The van der Waals surface area contributed by atoms with E-state index in [1.54, 1.807) is 5.48 Å². The van der Waals surface area contributed by atoms with E-state index in [1.807, 2.05) is 55.5 Å². The molecule has 3 N–H and O–H groups in total. The number of ketones is 1. The van der Waals surface area contributed by atoms with Crippen LogP contribution < -0.4 is 5.48 Å². The van der Waals surface area contributed by atoms with Crippen molar-refractivity contribution in [1.29, 1.82) is 0 Å². The zero-order valence-corrected chi connectivity index (χ0v) is 35.9. The molecule has 4 atom stereocenters. The maximum atomic E-state index is 12.8. The molecule has 0 saturated heterocycles. The zero-order chi connectivity index (χ0) is 43.5. The van der Waals surface area contributed by atoms with E-state index in [1.165, 1.54) is 48.1 Å². The Hall–Kier alpha value is -5.29. The van der Waals surface area contributed by atoms with Gasteiger partial charge in [-0.15, -0.1) is 0 Å². The maximum Gasteiger partial charge on any atom is 0.226 e. The lowest BCUT2D eigenvalue weighted by molar-refractivity contribution is -0.128. The lowest BCUT2D eigenvalue weighted by Crippen LogP contribution is -2.51. The van der Waals surface area contributed by atoms with E-state index in [9.17, 15) is 9.90 Å². The molecule has 0 saturated carbocycles. The summed E-state index contributed by atoms with van der Waals surface area (Å²) in [5.41, 5.74) is 10.9. The minimum Gasteiger partial charge on any atom is -0.523 e. The number of Topliss-reactive ketones (excluding diaryl/α,β-unsaturated/α-hetero) is 1. The smallest absolute Gasteiger partial charge is 0.226 e. The number of fused-ring (bicyclic) bond motifs is 6. The molecule has 0 radical (unpaired) electrons. The van der Waals surface area contributed by atoms with Gasteiger partial charge in [0.1, 0.15) is 5.76 Å². The first kappa shape index (κ1) is 42.3. The van der Waals surface area contributed by atoms with Crippen molar-refractivity contribution in [3.63, 3.8) is 0 Å². The molecule has 0 amide bonds. The maximum absolute atomic E-state index is 12.8. The van der Waals surface area contributed by atoms with Crippen LogP contribution in [0, 0.1) is 35.8 Å². The first-order valence-corrected chi connectivity index (χ1v) is 19.9. The second kappa shape index (κ2) is 16.5. The third-order valence-corrected chi connectivity index (χ3v) is 13.6. The number of nitrogens with zero attached hydrogens (tertiary/aromatic N) is 6. The van der Waals surface area contributed by atoms with Crippen LogP contribution in [-0.2, 0) is 55.4 Å². The normalized spacial score (nSPS) is 24.7. The number of rotatable bonds is 4. The summed E-state index contributed by atoms with van der Waals surface area (Å²) < 4.78 is 9.79. The topological polar surface area (TPSA) is 114 Å². The third-order valence-electron chi connectivity index (χ3n) is 13.6. The van der Waals surface area contributed by atoms with Crippen LogP contribution in [0.5, 0.6) is 0 Å². The molecule has 4 aliphatic rings. The first-order chi connectivity index (χ1) is 28.0. The predicted octanol–water partition coefficient (Wildman–Crippen LogP) is 9.42. The molecular formula is C48H61N7O3. The first-order valence-electron chi connectivity index (χ1n) is 20.9. The van der Waals surface area contributed by atoms with Crippen LogP contribution in [0.2, 0.25) is 0 Å². The second-order valence-electron chi connectivity index (χ2n) is 17.7. The lowest BCUT2D eigenvalue weighted by Gasteiger charge is -2.52. The van der Waals surface area contributed by atoms with Crippen molar-refractivity contribution in [1.82, 2.24) is 25.0 Å². The van der Waals surface area contributed by atoms with Crippen LogP contribution in [0.1, 0.15) is 115 Å². The summed E-state index contributed by atoms with van der Waals surface area (Å²) in [4.78, 5) is 20.0. The summed E-state index contributed by atoms with van der Waals surface area (Å²) in [5.74, 6) is 0.699. The molecule has 4 aliphatic carbocycles. The molecule has 58 heavy (non-hydrogen) atoms. The fraction of sp³-hybridized carbons (Fsp3) is 0.479. The van der Waals surface area contributed by atoms with Crippen molar-refractivity contribution in [2.24, 2.45) is 36.8 Å². The highest BCUT2D eigenvalue weighted by Gasteiger charge is 2.56.